The molecule has 0 aromatic heterocycles. The molecule has 0 fully saturated rings. The third-order valence-corrected chi connectivity index (χ3v) is 6.92. The molecule has 0 aliphatic heterocycles. The maximum absolute atomic E-state index is 3.47. The van der Waals surface area contributed by atoms with Crippen LogP contribution in [0, 0.1) is 0 Å². The van der Waals surface area contributed by atoms with E-state index in [1.165, 1.54) is 54.6 Å². The molecule has 1 heteroatoms. The summed E-state index contributed by atoms with van der Waals surface area (Å²) in [5.74, 6) is 0. The van der Waals surface area contributed by atoms with Gasteiger partial charge in [-0.2, -0.15) is 0 Å². The van der Waals surface area contributed by atoms with E-state index in [4.69, 9.17) is 0 Å². The molecule has 0 unspecified atom stereocenters. The molecule has 7 rings (SSSR count). The van der Waals surface area contributed by atoms with Crippen molar-refractivity contribution in [3.8, 4) is 22.3 Å². The number of nitrogens with one attached hydrogen (secondary N) is 1. The van der Waals surface area contributed by atoms with E-state index in [1.807, 2.05) is 18.2 Å². The van der Waals surface area contributed by atoms with Crippen molar-refractivity contribution in [3.63, 3.8) is 0 Å². The van der Waals surface area contributed by atoms with E-state index in [9.17, 15) is 0 Å². The van der Waals surface area contributed by atoms with Crippen LogP contribution in [0.25, 0.3) is 54.6 Å². The maximum atomic E-state index is 3.47. The van der Waals surface area contributed by atoms with Gasteiger partial charge in [0.15, 0.2) is 0 Å². The highest BCUT2D eigenvalue weighted by atomic mass is 14.9. The van der Waals surface area contributed by atoms with Gasteiger partial charge in [-0.1, -0.05) is 84.9 Å². The lowest BCUT2D eigenvalue weighted by atomic mass is 9.89. The first-order chi connectivity index (χ1) is 17.3. The van der Waals surface area contributed by atoms with Crippen molar-refractivity contribution in [1.29, 1.82) is 0 Å². The molecule has 7 aromatic rings. The summed E-state index contributed by atoms with van der Waals surface area (Å²) in [6, 6.07) is 48.0. The Morgan fingerprint density at radius 3 is 1.20 bits per heavy atom. The summed E-state index contributed by atoms with van der Waals surface area (Å²) in [5.41, 5.74) is 7.17. The standard InChI is InChI=1S/C34H23N/c1-3-7-23(8-4-1)29-19-25-11-13-27-21-30(22-28-14-12-26(20-29)33(25)34(27)28)24-15-17-32(18-16-24)35-31-9-5-2-6-10-31/h1-22,35H. The van der Waals surface area contributed by atoms with Crippen LogP contribution in [0.15, 0.2) is 133 Å². The third kappa shape index (κ3) is 3.50. The summed E-state index contributed by atoms with van der Waals surface area (Å²) >= 11 is 0. The predicted molar refractivity (Wildman–Crippen MR) is 151 cm³/mol. The molecule has 0 bridgehead atoms. The summed E-state index contributed by atoms with van der Waals surface area (Å²) in [6.45, 7) is 0. The van der Waals surface area contributed by atoms with Crippen LogP contribution in [-0.2, 0) is 0 Å². The minimum Gasteiger partial charge on any atom is -0.356 e. The molecular weight excluding hydrogens is 422 g/mol. The van der Waals surface area contributed by atoms with E-state index in [0.29, 0.717) is 0 Å². The topological polar surface area (TPSA) is 12.0 Å². The second-order valence-corrected chi connectivity index (χ2v) is 9.16. The van der Waals surface area contributed by atoms with Crippen LogP contribution >= 0.6 is 0 Å². The van der Waals surface area contributed by atoms with Crippen molar-refractivity contribution in [2.45, 2.75) is 0 Å². The number of para-hydroxylation sites is 1. The van der Waals surface area contributed by atoms with E-state index in [-0.39, 0.29) is 0 Å². The molecule has 1 N–H and O–H groups in total. The van der Waals surface area contributed by atoms with Crippen molar-refractivity contribution in [1.82, 2.24) is 0 Å². The molecule has 0 spiro atoms. The summed E-state index contributed by atoms with van der Waals surface area (Å²) in [6.07, 6.45) is 0. The van der Waals surface area contributed by atoms with Gasteiger partial charge in [-0.15, -0.1) is 0 Å². The average Bonchev–Trinajstić information content (AvgIpc) is 2.93. The van der Waals surface area contributed by atoms with Gasteiger partial charge in [0.05, 0.1) is 0 Å². The number of hydrogen-bond acceptors (Lipinski definition) is 1. The molecule has 7 aromatic carbocycles. The van der Waals surface area contributed by atoms with Gasteiger partial charge in [0.2, 0.25) is 0 Å². The Labute approximate surface area is 204 Å². The molecule has 0 heterocycles. The average molecular weight is 446 g/mol. The number of anilines is 2. The van der Waals surface area contributed by atoms with Crippen molar-refractivity contribution >= 4 is 43.7 Å². The molecule has 0 aliphatic rings. The summed E-state index contributed by atoms with van der Waals surface area (Å²) < 4.78 is 0. The van der Waals surface area contributed by atoms with Crippen LogP contribution in [-0.4, -0.2) is 0 Å². The Kier molecular flexibility index (Phi) is 4.53. The zero-order valence-electron chi connectivity index (χ0n) is 19.2. The van der Waals surface area contributed by atoms with Gasteiger partial charge in [-0.05, 0) is 103 Å². The molecule has 164 valence electrons. The number of benzene rings is 7. The number of rotatable bonds is 4. The second kappa shape index (κ2) is 8.00. The van der Waals surface area contributed by atoms with E-state index >= 15 is 0 Å². The minimum absolute atomic E-state index is 1.09. The molecule has 0 saturated heterocycles. The molecule has 0 saturated carbocycles. The first kappa shape index (κ1) is 19.8. The molecule has 0 atom stereocenters. The highest BCUT2D eigenvalue weighted by Gasteiger charge is 2.12. The summed E-state index contributed by atoms with van der Waals surface area (Å²) in [7, 11) is 0. The first-order valence-corrected chi connectivity index (χ1v) is 12.0. The Hall–Kier alpha value is -4.62. The van der Waals surface area contributed by atoms with Crippen LogP contribution in [0.5, 0.6) is 0 Å². The van der Waals surface area contributed by atoms with E-state index in [0.717, 1.165) is 11.4 Å². The van der Waals surface area contributed by atoms with Gasteiger partial charge in [0.1, 0.15) is 0 Å². The van der Waals surface area contributed by atoms with Gasteiger partial charge in [-0.3, -0.25) is 0 Å². The molecule has 1 nitrogen and oxygen atoms in total. The lowest BCUT2D eigenvalue weighted by molar-refractivity contribution is 1.55. The van der Waals surface area contributed by atoms with E-state index in [2.05, 4.69) is 121 Å². The summed E-state index contributed by atoms with van der Waals surface area (Å²) in [5, 5.41) is 11.3. The van der Waals surface area contributed by atoms with Gasteiger partial charge < -0.3 is 5.32 Å². The minimum atomic E-state index is 1.09. The molecule has 0 amide bonds. The van der Waals surface area contributed by atoms with E-state index in [1.54, 1.807) is 0 Å². The van der Waals surface area contributed by atoms with Crippen LogP contribution in [0.4, 0.5) is 11.4 Å². The number of hydrogen-bond donors (Lipinski definition) is 1. The third-order valence-electron chi connectivity index (χ3n) is 6.92. The maximum Gasteiger partial charge on any atom is 0.0384 e. The molecule has 0 radical (unpaired) electrons. The van der Waals surface area contributed by atoms with Crippen LogP contribution < -0.4 is 5.32 Å². The largest absolute Gasteiger partial charge is 0.356 e. The quantitative estimate of drug-likeness (QED) is 0.266. The second-order valence-electron chi connectivity index (χ2n) is 9.16. The monoisotopic (exact) mass is 445 g/mol. The SMILES string of the molecule is c1ccc(Nc2ccc(-c3cc4ccc5cc(-c6ccccc6)cc6ccc(c3)c4c56)cc2)cc1. The fourth-order valence-electron chi connectivity index (χ4n) is 5.24. The zero-order valence-corrected chi connectivity index (χ0v) is 19.2. The highest BCUT2D eigenvalue weighted by Crippen LogP contribution is 2.39. The van der Waals surface area contributed by atoms with Crippen LogP contribution in [0.2, 0.25) is 0 Å². The van der Waals surface area contributed by atoms with Crippen LogP contribution in [0.1, 0.15) is 0 Å². The first-order valence-electron chi connectivity index (χ1n) is 12.0. The predicted octanol–water partition coefficient (Wildman–Crippen LogP) is 9.66. The normalized spacial score (nSPS) is 11.4. The lowest BCUT2D eigenvalue weighted by Crippen LogP contribution is -1.90. The fraction of sp³-hybridized carbons (Fsp3) is 0. The van der Waals surface area contributed by atoms with Gasteiger partial charge in [-0.25, -0.2) is 0 Å². The Morgan fingerprint density at radius 1 is 0.314 bits per heavy atom. The van der Waals surface area contributed by atoms with Crippen molar-refractivity contribution in [2.24, 2.45) is 0 Å². The van der Waals surface area contributed by atoms with Crippen molar-refractivity contribution in [2.75, 3.05) is 5.32 Å². The molecule has 35 heavy (non-hydrogen) atoms. The highest BCUT2D eigenvalue weighted by molar-refractivity contribution is 6.24. The van der Waals surface area contributed by atoms with Crippen molar-refractivity contribution < 1.29 is 0 Å². The summed E-state index contributed by atoms with van der Waals surface area (Å²) in [4.78, 5) is 0. The Morgan fingerprint density at radius 2 is 0.714 bits per heavy atom. The Bertz CT molecular complexity index is 1720. The van der Waals surface area contributed by atoms with E-state index < -0.39 is 0 Å². The smallest absolute Gasteiger partial charge is 0.0384 e. The molecular formula is C34H23N. The fourth-order valence-corrected chi connectivity index (χ4v) is 5.24. The van der Waals surface area contributed by atoms with Crippen molar-refractivity contribution in [3.05, 3.63) is 133 Å². The molecule has 0 aliphatic carbocycles. The van der Waals surface area contributed by atoms with Crippen LogP contribution in [0.3, 0.4) is 0 Å². The van der Waals surface area contributed by atoms with Gasteiger partial charge in [0.25, 0.3) is 0 Å². The lowest BCUT2D eigenvalue weighted by Gasteiger charge is -2.15. The zero-order chi connectivity index (χ0) is 23.2. The van der Waals surface area contributed by atoms with Gasteiger partial charge in [0, 0.05) is 11.4 Å². The van der Waals surface area contributed by atoms with Gasteiger partial charge >= 0.3 is 0 Å². The Balaban J connectivity index is 1.31.